The molecule has 0 unspecified atom stereocenters. The Labute approximate surface area is 78.9 Å². The summed E-state index contributed by atoms with van der Waals surface area (Å²) in [5, 5.41) is 3.90. The molecule has 0 saturated heterocycles. The van der Waals surface area contributed by atoms with Gasteiger partial charge in [-0.25, -0.2) is 4.98 Å². The predicted octanol–water partition coefficient (Wildman–Crippen LogP) is 1.19. The second kappa shape index (κ2) is 3.21. The van der Waals surface area contributed by atoms with Gasteiger partial charge in [0.05, 0.1) is 6.61 Å². The summed E-state index contributed by atoms with van der Waals surface area (Å²) in [5.74, 6) is 1.21. The fourth-order valence-corrected chi connectivity index (χ4v) is 1.59. The Morgan fingerprint density at radius 2 is 2.23 bits per heavy atom. The van der Waals surface area contributed by atoms with Crippen LogP contribution in [-0.2, 0) is 0 Å². The first-order chi connectivity index (χ1) is 6.31. The molecule has 6 heteroatoms. The van der Waals surface area contributed by atoms with Crippen LogP contribution in [0.4, 0.5) is 0 Å². The Balaban J connectivity index is 2.63. The normalized spacial score (nSPS) is 10.6. The van der Waals surface area contributed by atoms with E-state index in [0.29, 0.717) is 23.8 Å². The lowest BCUT2D eigenvalue weighted by atomic mass is 10.5. The maximum atomic E-state index is 5.31. The number of nitrogens with zero attached hydrogens (tertiary/aromatic N) is 4. The zero-order valence-electron chi connectivity index (χ0n) is 7.31. The topological polar surface area (TPSA) is 60.8 Å². The Morgan fingerprint density at radius 3 is 3.00 bits per heavy atom. The van der Waals surface area contributed by atoms with Gasteiger partial charge in [0.25, 0.3) is 0 Å². The molecule has 2 rings (SSSR count). The second-order valence-corrected chi connectivity index (χ2v) is 3.17. The van der Waals surface area contributed by atoms with Crippen LogP contribution in [0.5, 0.6) is 5.88 Å². The monoisotopic (exact) mass is 196 g/mol. The maximum absolute atomic E-state index is 5.31. The van der Waals surface area contributed by atoms with Gasteiger partial charge in [0, 0.05) is 11.5 Å². The van der Waals surface area contributed by atoms with Crippen molar-refractivity contribution in [2.45, 2.75) is 13.8 Å². The van der Waals surface area contributed by atoms with Gasteiger partial charge in [0.2, 0.25) is 5.88 Å². The summed E-state index contributed by atoms with van der Waals surface area (Å²) >= 11 is 1.25. The molecule has 68 valence electrons. The lowest BCUT2D eigenvalue weighted by Gasteiger charge is -2.01. The number of aryl methyl sites for hydroxylation is 1. The molecule has 0 bridgehead atoms. The molecule has 13 heavy (non-hydrogen) atoms. The van der Waals surface area contributed by atoms with Crippen LogP contribution in [0, 0.1) is 6.92 Å². The molecule has 5 nitrogen and oxygen atoms in total. The van der Waals surface area contributed by atoms with Gasteiger partial charge in [0.15, 0.2) is 10.3 Å². The van der Waals surface area contributed by atoms with Gasteiger partial charge >= 0.3 is 0 Å². The first kappa shape index (κ1) is 8.31. The van der Waals surface area contributed by atoms with Crippen molar-refractivity contribution in [1.82, 2.24) is 19.6 Å². The van der Waals surface area contributed by atoms with E-state index in [0.717, 1.165) is 4.83 Å². The van der Waals surface area contributed by atoms with Gasteiger partial charge in [0.1, 0.15) is 5.82 Å². The van der Waals surface area contributed by atoms with Crippen molar-refractivity contribution in [3.05, 3.63) is 5.82 Å². The lowest BCUT2D eigenvalue weighted by molar-refractivity contribution is 0.329. The average Bonchev–Trinajstić information content (AvgIpc) is 2.52. The first-order valence-corrected chi connectivity index (χ1v) is 4.68. The fourth-order valence-electron chi connectivity index (χ4n) is 1.00. The molecular weight excluding hydrogens is 188 g/mol. The molecule has 2 aromatic rings. The van der Waals surface area contributed by atoms with Crippen LogP contribution < -0.4 is 4.74 Å². The van der Waals surface area contributed by atoms with E-state index >= 15 is 0 Å². The van der Waals surface area contributed by atoms with E-state index in [1.165, 1.54) is 11.5 Å². The van der Waals surface area contributed by atoms with E-state index < -0.39 is 0 Å². The molecule has 2 aromatic heterocycles. The third-order valence-corrected chi connectivity index (χ3v) is 2.10. The van der Waals surface area contributed by atoms with E-state index in [1.807, 2.05) is 13.8 Å². The Hall–Kier alpha value is -1.30. The fraction of sp³-hybridized carbons (Fsp3) is 0.429. The summed E-state index contributed by atoms with van der Waals surface area (Å²) in [4.78, 5) is 9.09. The number of hydrogen-bond donors (Lipinski definition) is 0. The smallest absolute Gasteiger partial charge is 0.246 e. The molecule has 0 amide bonds. The number of hydrogen-bond acceptors (Lipinski definition) is 6. The molecule has 0 fully saturated rings. The number of rotatable bonds is 2. The predicted molar refractivity (Wildman–Crippen MR) is 48.9 cm³/mol. The molecule has 0 N–H and O–H groups in total. The van der Waals surface area contributed by atoms with Crippen molar-refractivity contribution < 1.29 is 4.74 Å². The summed E-state index contributed by atoms with van der Waals surface area (Å²) in [6, 6.07) is 0. The Bertz CT molecular complexity index is 427. The summed E-state index contributed by atoms with van der Waals surface area (Å²) in [5.41, 5.74) is 0.650. The van der Waals surface area contributed by atoms with Crippen LogP contribution in [0.1, 0.15) is 12.7 Å². The van der Waals surface area contributed by atoms with Crippen LogP contribution in [0.15, 0.2) is 0 Å². The highest BCUT2D eigenvalue weighted by molar-refractivity contribution is 7.12. The maximum Gasteiger partial charge on any atom is 0.246 e. The van der Waals surface area contributed by atoms with Gasteiger partial charge in [-0.15, -0.1) is 5.10 Å². The molecule has 0 saturated carbocycles. The van der Waals surface area contributed by atoms with Crippen molar-refractivity contribution in [2.75, 3.05) is 6.61 Å². The highest BCUT2D eigenvalue weighted by Gasteiger charge is 2.09. The van der Waals surface area contributed by atoms with Crippen molar-refractivity contribution in [3.8, 4) is 5.88 Å². The van der Waals surface area contributed by atoms with Crippen LogP contribution in [0.2, 0.25) is 0 Å². The molecule has 0 aliphatic heterocycles. The molecule has 0 aromatic carbocycles. The number of fused-ring (bicyclic) bond motifs is 1. The molecule has 2 heterocycles. The van der Waals surface area contributed by atoms with Crippen LogP contribution >= 0.6 is 11.5 Å². The van der Waals surface area contributed by atoms with Gasteiger partial charge in [-0.05, 0) is 13.8 Å². The SMILES string of the molecule is CCOc1nc(C)nc2snnc12. The van der Waals surface area contributed by atoms with Gasteiger partial charge in [-0.1, -0.05) is 4.49 Å². The molecule has 0 aliphatic carbocycles. The second-order valence-electron chi connectivity index (χ2n) is 2.44. The van der Waals surface area contributed by atoms with Gasteiger partial charge in [-0.2, -0.15) is 4.98 Å². The zero-order chi connectivity index (χ0) is 9.26. The minimum Gasteiger partial charge on any atom is -0.476 e. The minimum atomic E-state index is 0.527. The molecular formula is C7H8N4OS. The summed E-state index contributed by atoms with van der Waals surface area (Å²) in [6.45, 7) is 4.30. The molecule has 0 aliphatic rings. The van der Waals surface area contributed by atoms with E-state index in [4.69, 9.17) is 4.74 Å². The Kier molecular flexibility index (Phi) is 2.05. The van der Waals surface area contributed by atoms with Crippen molar-refractivity contribution in [2.24, 2.45) is 0 Å². The third kappa shape index (κ3) is 1.44. The lowest BCUT2D eigenvalue weighted by Crippen LogP contribution is -1.98. The summed E-state index contributed by atoms with van der Waals surface area (Å²) in [6.07, 6.45) is 0. The first-order valence-electron chi connectivity index (χ1n) is 3.90. The van der Waals surface area contributed by atoms with E-state index in [-0.39, 0.29) is 0 Å². The van der Waals surface area contributed by atoms with Crippen molar-refractivity contribution in [3.63, 3.8) is 0 Å². The molecule has 0 atom stereocenters. The number of aromatic nitrogens is 4. The minimum absolute atomic E-state index is 0.527. The van der Waals surface area contributed by atoms with E-state index in [9.17, 15) is 0 Å². The van der Waals surface area contributed by atoms with Gasteiger partial charge in [-0.3, -0.25) is 0 Å². The Morgan fingerprint density at radius 1 is 1.38 bits per heavy atom. The highest BCUT2D eigenvalue weighted by atomic mass is 32.1. The van der Waals surface area contributed by atoms with Gasteiger partial charge < -0.3 is 4.74 Å². The summed E-state index contributed by atoms with van der Waals surface area (Å²) in [7, 11) is 0. The zero-order valence-corrected chi connectivity index (χ0v) is 8.13. The van der Waals surface area contributed by atoms with E-state index in [2.05, 4.69) is 19.6 Å². The number of ether oxygens (including phenoxy) is 1. The average molecular weight is 196 g/mol. The van der Waals surface area contributed by atoms with Crippen molar-refractivity contribution in [1.29, 1.82) is 0 Å². The standard InChI is InChI=1S/C7H8N4OS/c1-3-12-6-5-7(13-11-10-5)9-4(2)8-6/h3H2,1-2H3. The molecule has 0 radical (unpaired) electrons. The quantitative estimate of drug-likeness (QED) is 0.722. The van der Waals surface area contributed by atoms with Crippen LogP contribution in [0.25, 0.3) is 10.3 Å². The largest absolute Gasteiger partial charge is 0.476 e. The highest BCUT2D eigenvalue weighted by Crippen LogP contribution is 2.21. The van der Waals surface area contributed by atoms with E-state index in [1.54, 1.807) is 0 Å². The van der Waals surface area contributed by atoms with Crippen LogP contribution in [-0.4, -0.2) is 26.2 Å². The van der Waals surface area contributed by atoms with Crippen LogP contribution in [0.3, 0.4) is 0 Å². The summed E-state index contributed by atoms with van der Waals surface area (Å²) < 4.78 is 9.11. The third-order valence-electron chi connectivity index (χ3n) is 1.48. The molecule has 0 spiro atoms. The van der Waals surface area contributed by atoms with Crippen molar-refractivity contribution >= 4 is 21.9 Å².